The van der Waals surface area contributed by atoms with E-state index < -0.39 is 41.5 Å². The summed E-state index contributed by atoms with van der Waals surface area (Å²) in [6, 6.07) is 8.84. The molecule has 4 N–H and O–H groups in total. The quantitative estimate of drug-likeness (QED) is 0.422. The number of halogens is 4. The molecule has 2 aromatic carbocycles. The smallest absolute Gasteiger partial charge is 0.280 e. The molecule has 1 aliphatic rings. The van der Waals surface area contributed by atoms with Crippen molar-refractivity contribution >= 4 is 23.5 Å². The highest BCUT2D eigenvalue weighted by Crippen LogP contribution is 2.26. The van der Waals surface area contributed by atoms with E-state index in [-0.39, 0.29) is 11.5 Å². The Labute approximate surface area is 183 Å². The normalized spacial score (nSPS) is 21.8. The minimum Gasteiger partial charge on any atom is -0.351 e. The molecule has 0 aromatic heterocycles. The molecule has 166 valence electrons. The number of guanidine groups is 1. The van der Waals surface area contributed by atoms with Gasteiger partial charge in [0.15, 0.2) is 17.8 Å². The Kier molecular flexibility index (Phi) is 6.88. The number of amides is 1. The van der Waals surface area contributed by atoms with Gasteiger partial charge in [0.2, 0.25) is 5.96 Å². The number of hydrogen-bond acceptors (Lipinski definition) is 3. The first-order chi connectivity index (χ1) is 14.5. The molecular formula is C21H23ClF3N5O. The Hall–Kier alpha value is -2.62. The van der Waals surface area contributed by atoms with E-state index in [0.29, 0.717) is 10.6 Å². The van der Waals surface area contributed by atoms with Gasteiger partial charge in [0.25, 0.3) is 5.91 Å². The van der Waals surface area contributed by atoms with Crippen molar-refractivity contribution in [1.29, 1.82) is 0 Å². The molecule has 6 nitrogen and oxygen atoms in total. The molecule has 0 radical (unpaired) electrons. The monoisotopic (exact) mass is 453 g/mol. The van der Waals surface area contributed by atoms with E-state index in [1.807, 2.05) is 20.8 Å². The van der Waals surface area contributed by atoms with Gasteiger partial charge in [0.1, 0.15) is 6.17 Å². The first-order valence-corrected chi connectivity index (χ1v) is 9.95. The summed E-state index contributed by atoms with van der Waals surface area (Å²) in [5.41, 5.74) is 5.71. The highest BCUT2D eigenvalue weighted by atomic mass is 35.5. The summed E-state index contributed by atoms with van der Waals surface area (Å²) >= 11 is 5.89. The fourth-order valence-corrected chi connectivity index (χ4v) is 3.10. The van der Waals surface area contributed by atoms with Crippen molar-refractivity contribution in [3.8, 4) is 0 Å². The SMILES string of the molecule is CC(C)(C)N/C(=N/C(=O)c1ccc(F)c(F)c1)NC1NNC(c2ccc(Cl)cc2)C1F. The van der Waals surface area contributed by atoms with Gasteiger partial charge in [-0.2, -0.15) is 4.99 Å². The van der Waals surface area contributed by atoms with Gasteiger partial charge in [0, 0.05) is 16.1 Å². The number of rotatable bonds is 3. The molecule has 3 rings (SSSR count). The van der Waals surface area contributed by atoms with Crippen molar-refractivity contribution in [1.82, 2.24) is 21.5 Å². The van der Waals surface area contributed by atoms with Crippen LogP contribution < -0.4 is 21.5 Å². The number of benzene rings is 2. The van der Waals surface area contributed by atoms with Crippen LogP contribution in [-0.4, -0.2) is 29.7 Å². The Morgan fingerprint density at radius 3 is 2.35 bits per heavy atom. The van der Waals surface area contributed by atoms with E-state index in [1.165, 1.54) is 0 Å². The van der Waals surface area contributed by atoms with Crippen LogP contribution in [0.25, 0.3) is 0 Å². The predicted molar refractivity (Wildman–Crippen MR) is 113 cm³/mol. The molecule has 3 atom stereocenters. The van der Waals surface area contributed by atoms with Crippen molar-refractivity contribution in [3.05, 3.63) is 70.2 Å². The Morgan fingerprint density at radius 2 is 1.74 bits per heavy atom. The zero-order valence-corrected chi connectivity index (χ0v) is 17.9. The fourth-order valence-electron chi connectivity index (χ4n) is 2.98. The summed E-state index contributed by atoms with van der Waals surface area (Å²) in [5, 5.41) is 6.37. The van der Waals surface area contributed by atoms with E-state index in [2.05, 4.69) is 26.5 Å². The van der Waals surface area contributed by atoms with Crippen molar-refractivity contribution in [2.24, 2.45) is 4.99 Å². The third-order valence-corrected chi connectivity index (χ3v) is 4.68. The molecule has 1 amide bonds. The lowest BCUT2D eigenvalue weighted by Crippen LogP contribution is -2.56. The molecule has 3 unspecified atom stereocenters. The van der Waals surface area contributed by atoms with Gasteiger partial charge in [-0.25, -0.2) is 24.0 Å². The van der Waals surface area contributed by atoms with Crippen molar-refractivity contribution in [2.45, 2.75) is 44.7 Å². The van der Waals surface area contributed by atoms with Crippen LogP contribution in [0.1, 0.15) is 42.7 Å². The second-order valence-electron chi connectivity index (χ2n) is 8.15. The fraction of sp³-hybridized carbons (Fsp3) is 0.333. The maximum Gasteiger partial charge on any atom is 0.280 e. The number of alkyl halides is 1. The molecule has 2 aromatic rings. The molecule has 0 bridgehead atoms. The van der Waals surface area contributed by atoms with E-state index in [9.17, 15) is 13.6 Å². The first kappa shape index (κ1) is 23.1. The largest absolute Gasteiger partial charge is 0.351 e. The molecule has 0 spiro atoms. The van der Waals surface area contributed by atoms with Gasteiger partial charge in [0.05, 0.1) is 6.04 Å². The molecule has 31 heavy (non-hydrogen) atoms. The summed E-state index contributed by atoms with van der Waals surface area (Å²) in [7, 11) is 0. The highest BCUT2D eigenvalue weighted by molar-refractivity contribution is 6.30. The number of carbonyl (C=O) groups excluding carboxylic acids is 1. The summed E-state index contributed by atoms with van der Waals surface area (Å²) in [6.07, 6.45) is -2.35. The second kappa shape index (κ2) is 9.25. The van der Waals surface area contributed by atoms with Crippen LogP contribution in [0.2, 0.25) is 5.02 Å². The lowest BCUT2D eigenvalue weighted by Gasteiger charge is -2.26. The van der Waals surface area contributed by atoms with Crippen LogP contribution in [0.5, 0.6) is 0 Å². The summed E-state index contributed by atoms with van der Waals surface area (Å²) < 4.78 is 41.7. The summed E-state index contributed by atoms with van der Waals surface area (Å²) in [4.78, 5) is 16.4. The van der Waals surface area contributed by atoms with Gasteiger partial charge >= 0.3 is 0 Å². The number of hydrogen-bond donors (Lipinski definition) is 4. The van der Waals surface area contributed by atoms with Gasteiger partial charge in [-0.3, -0.25) is 4.79 Å². The van der Waals surface area contributed by atoms with E-state index in [4.69, 9.17) is 11.6 Å². The lowest BCUT2D eigenvalue weighted by molar-refractivity contribution is 0.100. The Balaban J connectivity index is 1.79. The molecule has 1 fully saturated rings. The molecule has 10 heteroatoms. The van der Waals surface area contributed by atoms with Gasteiger partial charge in [-0.1, -0.05) is 23.7 Å². The van der Waals surface area contributed by atoms with Crippen LogP contribution in [0.15, 0.2) is 47.5 Å². The van der Waals surface area contributed by atoms with Crippen LogP contribution in [0.4, 0.5) is 13.2 Å². The maximum absolute atomic E-state index is 15.1. The molecule has 1 heterocycles. The summed E-state index contributed by atoms with van der Waals surface area (Å²) in [6.45, 7) is 5.49. The standard InChI is InChI=1S/C21H23ClF3N5O/c1-21(2,3)28-20(27-19(31)12-6-9-14(23)15(24)10-12)26-18-16(25)17(29-30-18)11-4-7-13(22)8-5-11/h4-10,16-18,29-30H,1-3H3,(H2,26,27,28,31). The summed E-state index contributed by atoms with van der Waals surface area (Å²) in [5.74, 6) is -3.05. The number of aliphatic imine (C=N–C) groups is 1. The molecular weight excluding hydrogens is 431 g/mol. The number of nitrogens with zero attached hydrogens (tertiary/aromatic N) is 1. The topological polar surface area (TPSA) is 77.5 Å². The number of carbonyl (C=O) groups is 1. The zero-order chi connectivity index (χ0) is 22.8. The number of nitrogens with one attached hydrogen (secondary N) is 4. The maximum atomic E-state index is 15.1. The minimum absolute atomic E-state index is 0.0130. The third kappa shape index (κ3) is 5.96. The van der Waals surface area contributed by atoms with Crippen LogP contribution in [0, 0.1) is 11.6 Å². The second-order valence-corrected chi connectivity index (χ2v) is 8.59. The van der Waals surface area contributed by atoms with Crippen LogP contribution in [0.3, 0.4) is 0 Å². The molecule has 1 aliphatic heterocycles. The first-order valence-electron chi connectivity index (χ1n) is 9.57. The third-order valence-electron chi connectivity index (χ3n) is 4.43. The van der Waals surface area contributed by atoms with Gasteiger partial charge in [-0.15, -0.1) is 0 Å². The lowest BCUT2D eigenvalue weighted by atomic mass is 10.0. The molecule has 0 saturated carbocycles. The Bertz CT molecular complexity index is 978. The van der Waals surface area contributed by atoms with E-state index in [1.54, 1.807) is 24.3 Å². The Morgan fingerprint density at radius 1 is 1.06 bits per heavy atom. The average molecular weight is 454 g/mol. The zero-order valence-electron chi connectivity index (χ0n) is 17.1. The van der Waals surface area contributed by atoms with Gasteiger partial charge in [-0.05, 0) is 56.7 Å². The van der Waals surface area contributed by atoms with Crippen LogP contribution >= 0.6 is 11.6 Å². The predicted octanol–water partition coefficient (Wildman–Crippen LogP) is 3.61. The van der Waals surface area contributed by atoms with Crippen molar-refractivity contribution < 1.29 is 18.0 Å². The molecule has 1 saturated heterocycles. The van der Waals surface area contributed by atoms with Crippen LogP contribution in [-0.2, 0) is 0 Å². The minimum atomic E-state index is -1.42. The van der Waals surface area contributed by atoms with E-state index in [0.717, 1.165) is 18.2 Å². The van der Waals surface area contributed by atoms with Crippen molar-refractivity contribution in [3.63, 3.8) is 0 Å². The van der Waals surface area contributed by atoms with E-state index >= 15 is 4.39 Å². The molecule has 0 aliphatic carbocycles. The average Bonchev–Trinajstić information content (AvgIpc) is 3.03. The highest BCUT2D eigenvalue weighted by Gasteiger charge is 2.38. The van der Waals surface area contributed by atoms with Gasteiger partial charge < -0.3 is 10.6 Å². The number of hydrazine groups is 1. The van der Waals surface area contributed by atoms with Crippen molar-refractivity contribution in [2.75, 3.05) is 0 Å².